The number of hydrogen-bond donors (Lipinski definition) is 1. The molecule has 108 valence electrons. The first-order valence-electron chi connectivity index (χ1n) is 6.97. The summed E-state index contributed by atoms with van der Waals surface area (Å²) in [7, 11) is 1.83. The number of aryl methyl sites for hydroxylation is 1. The molecule has 1 amide bonds. The summed E-state index contributed by atoms with van der Waals surface area (Å²) in [6.07, 6.45) is 1.37. The molecular formula is C17H17IN2O. The van der Waals surface area contributed by atoms with E-state index < -0.39 is 0 Å². The zero-order valence-electron chi connectivity index (χ0n) is 11.8. The second-order valence-electron chi connectivity index (χ2n) is 5.34. The zero-order valence-corrected chi connectivity index (χ0v) is 14.0. The molecule has 0 saturated carbocycles. The van der Waals surface area contributed by atoms with Crippen LogP contribution in [0.5, 0.6) is 0 Å². The van der Waals surface area contributed by atoms with Crippen LogP contribution in [-0.2, 0) is 11.2 Å². The maximum atomic E-state index is 11.7. The van der Waals surface area contributed by atoms with Gasteiger partial charge in [-0.2, -0.15) is 0 Å². The molecule has 0 aliphatic carbocycles. The third-order valence-corrected chi connectivity index (χ3v) is 5.03. The maximum absolute atomic E-state index is 11.7. The van der Waals surface area contributed by atoms with Gasteiger partial charge in [0.25, 0.3) is 0 Å². The average molecular weight is 392 g/mol. The zero-order chi connectivity index (χ0) is 15.0. The van der Waals surface area contributed by atoms with Gasteiger partial charge in [0.2, 0.25) is 5.91 Å². The number of hydrogen-bond acceptors (Lipinski definition) is 2. The van der Waals surface area contributed by atoms with Crippen LogP contribution in [0.3, 0.4) is 0 Å². The monoisotopic (exact) mass is 392 g/mol. The van der Waals surface area contributed by atoms with Crippen molar-refractivity contribution >= 4 is 34.2 Å². The molecule has 3 rings (SSSR count). The Morgan fingerprint density at radius 3 is 2.71 bits per heavy atom. The predicted molar refractivity (Wildman–Crippen MR) is 93.4 cm³/mol. The molecule has 0 bridgehead atoms. The summed E-state index contributed by atoms with van der Waals surface area (Å²) < 4.78 is 1.17. The number of benzene rings is 2. The van der Waals surface area contributed by atoms with E-state index in [2.05, 4.69) is 40.8 Å². The molecule has 2 aromatic carbocycles. The Hall–Kier alpha value is -1.40. The molecule has 4 heteroatoms. The number of anilines is 1. The van der Waals surface area contributed by atoms with Crippen molar-refractivity contribution in [2.75, 3.05) is 11.9 Å². The highest BCUT2D eigenvalue weighted by atomic mass is 127. The van der Waals surface area contributed by atoms with Crippen molar-refractivity contribution in [1.29, 1.82) is 0 Å². The summed E-state index contributed by atoms with van der Waals surface area (Å²) in [5, 5.41) is 0. The molecule has 0 radical (unpaired) electrons. The molecule has 1 unspecified atom stereocenters. The normalized spacial score (nSPS) is 15.8. The molecule has 1 aliphatic rings. The van der Waals surface area contributed by atoms with Crippen molar-refractivity contribution in [1.82, 2.24) is 0 Å². The molecule has 2 N–H and O–H groups in total. The van der Waals surface area contributed by atoms with Gasteiger partial charge >= 0.3 is 0 Å². The SMILES string of the molecule is CN1C(=O)CCc2cc(C(N)c3ccccc3I)ccc21. The lowest BCUT2D eigenvalue weighted by Gasteiger charge is -2.27. The molecule has 0 saturated heterocycles. The number of carbonyl (C=O) groups excluding carboxylic acids is 1. The van der Waals surface area contributed by atoms with E-state index in [0.717, 1.165) is 23.2 Å². The number of carbonyl (C=O) groups is 1. The Morgan fingerprint density at radius 1 is 1.19 bits per heavy atom. The van der Waals surface area contributed by atoms with Crippen molar-refractivity contribution in [3.05, 3.63) is 62.7 Å². The Kier molecular flexibility index (Phi) is 3.99. The summed E-state index contributed by atoms with van der Waals surface area (Å²) >= 11 is 2.32. The lowest BCUT2D eigenvalue weighted by atomic mass is 9.94. The van der Waals surface area contributed by atoms with Crippen molar-refractivity contribution in [2.45, 2.75) is 18.9 Å². The van der Waals surface area contributed by atoms with Gasteiger partial charge in [-0.15, -0.1) is 0 Å². The minimum Gasteiger partial charge on any atom is -0.320 e. The molecule has 0 spiro atoms. The van der Waals surface area contributed by atoms with Crippen LogP contribution in [0.25, 0.3) is 0 Å². The minimum absolute atomic E-state index is 0.133. The largest absolute Gasteiger partial charge is 0.320 e. The highest BCUT2D eigenvalue weighted by Gasteiger charge is 2.22. The van der Waals surface area contributed by atoms with Crippen molar-refractivity contribution in [3.8, 4) is 0 Å². The molecule has 0 aromatic heterocycles. The van der Waals surface area contributed by atoms with E-state index in [4.69, 9.17) is 5.73 Å². The fourth-order valence-corrected chi connectivity index (χ4v) is 3.50. The van der Waals surface area contributed by atoms with Crippen LogP contribution in [0.2, 0.25) is 0 Å². The number of fused-ring (bicyclic) bond motifs is 1. The third kappa shape index (κ3) is 2.70. The van der Waals surface area contributed by atoms with Crippen LogP contribution < -0.4 is 10.6 Å². The number of halogens is 1. The molecule has 1 aliphatic heterocycles. The number of nitrogens with two attached hydrogens (primary N) is 1. The molecule has 2 aromatic rings. The van der Waals surface area contributed by atoms with Crippen LogP contribution in [0, 0.1) is 3.57 Å². The first kappa shape index (κ1) is 14.5. The van der Waals surface area contributed by atoms with Crippen LogP contribution >= 0.6 is 22.6 Å². The highest BCUT2D eigenvalue weighted by molar-refractivity contribution is 14.1. The molecular weight excluding hydrogens is 375 g/mol. The van der Waals surface area contributed by atoms with Crippen LogP contribution in [0.15, 0.2) is 42.5 Å². The molecule has 1 heterocycles. The first-order valence-corrected chi connectivity index (χ1v) is 8.05. The standard InChI is InChI=1S/C17H17IN2O/c1-20-15-8-6-12(10-11(15)7-9-16(20)21)17(19)13-4-2-3-5-14(13)18/h2-6,8,10,17H,7,9,19H2,1H3. The highest BCUT2D eigenvalue weighted by Crippen LogP contribution is 2.31. The lowest BCUT2D eigenvalue weighted by Crippen LogP contribution is -2.31. The predicted octanol–water partition coefficient (Wildman–Crippen LogP) is 3.25. The summed E-state index contributed by atoms with van der Waals surface area (Å²) in [5.74, 6) is 0.178. The summed E-state index contributed by atoms with van der Waals surface area (Å²) in [6, 6.07) is 14.2. The Labute approximate surface area is 138 Å². The molecule has 3 nitrogen and oxygen atoms in total. The van der Waals surface area contributed by atoms with Gasteiger partial charge in [0.1, 0.15) is 0 Å². The van der Waals surface area contributed by atoms with Crippen molar-refractivity contribution in [2.24, 2.45) is 5.73 Å². The number of rotatable bonds is 2. The van der Waals surface area contributed by atoms with Crippen LogP contribution in [0.1, 0.15) is 29.2 Å². The van der Waals surface area contributed by atoms with Crippen molar-refractivity contribution < 1.29 is 4.79 Å². The fraction of sp³-hybridized carbons (Fsp3) is 0.235. The molecule has 1 atom stereocenters. The van der Waals surface area contributed by atoms with E-state index in [-0.39, 0.29) is 11.9 Å². The van der Waals surface area contributed by atoms with Crippen LogP contribution in [0.4, 0.5) is 5.69 Å². The number of amides is 1. The fourth-order valence-electron chi connectivity index (χ4n) is 2.78. The topological polar surface area (TPSA) is 46.3 Å². The van der Waals surface area contributed by atoms with Gasteiger partial charge < -0.3 is 10.6 Å². The van der Waals surface area contributed by atoms with Gasteiger partial charge in [-0.05, 0) is 57.8 Å². The quantitative estimate of drug-likeness (QED) is 0.798. The van der Waals surface area contributed by atoms with Gasteiger partial charge in [-0.3, -0.25) is 4.79 Å². The number of nitrogens with zero attached hydrogens (tertiary/aromatic N) is 1. The first-order chi connectivity index (χ1) is 10.1. The third-order valence-electron chi connectivity index (χ3n) is 4.05. The van der Waals surface area contributed by atoms with Gasteiger partial charge in [-0.25, -0.2) is 0 Å². The minimum atomic E-state index is -0.133. The van der Waals surface area contributed by atoms with E-state index in [1.807, 2.05) is 31.3 Å². The summed E-state index contributed by atoms with van der Waals surface area (Å²) in [4.78, 5) is 13.5. The van der Waals surface area contributed by atoms with Crippen molar-refractivity contribution in [3.63, 3.8) is 0 Å². The van der Waals surface area contributed by atoms with E-state index in [9.17, 15) is 4.79 Å². The summed E-state index contributed by atoms with van der Waals surface area (Å²) in [6.45, 7) is 0. The molecule has 21 heavy (non-hydrogen) atoms. The second-order valence-corrected chi connectivity index (χ2v) is 6.50. The Bertz CT molecular complexity index is 699. The van der Waals surface area contributed by atoms with Gasteiger partial charge in [0.15, 0.2) is 0 Å². The van der Waals surface area contributed by atoms with E-state index >= 15 is 0 Å². The summed E-state index contributed by atoms with van der Waals surface area (Å²) in [5.41, 5.74) is 10.9. The van der Waals surface area contributed by atoms with Gasteiger partial charge in [0, 0.05) is 22.7 Å². The van der Waals surface area contributed by atoms with E-state index in [1.165, 1.54) is 9.13 Å². The molecule has 0 fully saturated rings. The smallest absolute Gasteiger partial charge is 0.227 e. The van der Waals surface area contributed by atoms with Crippen LogP contribution in [-0.4, -0.2) is 13.0 Å². The lowest BCUT2D eigenvalue weighted by molar-refractivity contribution is -0.118. The second kappa shape index (κ2) is 5.77. The van der Waals surface area contributed by atoms with E-state index in [1.54, 1.807) is 4.90 Å². The Morgan fingerprint density at radius 2 is 1.95 bits per heavy atom. The Balaban J connectivity index is 1.98. The average Bonchev–Trinajstić information content (AvgIpc) is 2.50. The van der Waals surface area contributed by atoms with Gasteiger partial charge in [0.05, 0.1) is 6.04 Å². The maximum Gasteiger partial charge on any atom is 0.227 e. The van der Waals surface area contributed by atoms with E-state index in [0.29, 0.717) is 6.42 Å². The van der Waals surface area contributed by atoms with Gasteiger partial charge in [-0.1, -0.05) is 30.3 Å².